The highest BCUT2D eigenvalue weighted by molar-refractivity contribution is 5.61. The number of rotatable bonds is 3. The summed E-state index contributed by atoms with van der Waals surface area (Å²) < 4.78 is 65.7. The fourth-order valence-corrected chi connectivity index (χ4v) is 1.58. The highest BCUT2D eigenvalue weighted by Gasteiger charge is 2.25. The standard InChI is InChI=1S/C13H9F5N2/c14-8-9(15)11(17)13(12(18)10(8)16)20-7-3-1-6(5-19)2-4-7/h1-4,20H,5,19H2. The fraction of sp³-hybridized carbons (Fsp3) is 0.0769. The quantitative estimate of drug-likeness (QED) is 0.514. The van der Waals surface area contributed by atoms with Crippen molar-refractivity contribution in [1.82, 2.24) is 0 Å². The molecule has 0 bridgehead atoms. The van der Waals surface area contributed by atoms with Crippen LogP contribution >= 0.6 is 0 Å². The topological polar surface area (TPSA) is 38.0 Å². The third-order valence-electron chi connectivity index (χ3n) is 2.67. The zero-order valence-corrected chi connectivity index (χ0v) is 9.98. The molecule has 0 spiro atoms. The Morgan fingerprint density at radius 1 is 0.750 bits per heavy atom. The maximum atomic E-state index is 13.4. The molecule has 0 atom stereocenters. The van der Waals surface area contributed by atoms with E-state index in [1.807, 2.05) is 0 Å². The molecule has 3 N–H and O–H groups in total. The van der Waals surface area contributed by atoms with E-state index in [2.05, 4.69) is 5.32 Å². The molecule has 2 aromatic carbocycles. The van der Waals surface area contributed by atoms with Gasteiger partial charge in [0.05, 0.1) is 0 Å². The highest BCUT2D eigenvalue weighted by atomic mass is 19.2. The van der Waals surface area contributed by atoms with E-state index in [1.54, 1.807) is 12.1 Å². The normalized spacial score (nSPS) is 10.7. The Bertz CT molecular complexity index is 611. The van der Waals surface area contributed by atoms with Gasteiger partial charge in [-0.05, 0) is 17.7 Å². The van der Waals surface area contributed by atoms with Crippen molar-refractivity contribution in [2.75, 3.05) is 5.32 Å². The van der Waals surface area contributed by atoms with Crippen LogP contribution in [0.25, 0.3) is 0 Å². The average molecular weight is 288 g/mol. The van der Waals surface area contributed by atoms with Crippen LogP contribution in [0.2, 0.25) is 0 Å². The summed E-state index contributed by atoms with van der Waals surface area (Å²) in [6.45, 7) is 0.267. The number of halogens is 5. The molecule has 0 aliphatic rings. The molecule has 106 valence electrons. The van der Waals surface area contributed by atoms with Gasteiger partial charge in [-0.25, -0.2) is 22.0 Å². The van der Waals surface area contributed by atoms with Crippen molar-refractivity contribution in [3.05, 3.63) is 58.9 Å². The van der Waals surface area contributed by atoms with Gasteiger partial charge in [0.1, 0.15) is 5.69 Å². The molecule has 0 aliphatic heterocycles. The second-order valence-electron chi connectivity index (χ2n) is 3.97. The van der Waals surface area contributed by atoms with Crippen molar-refractivity contribution >= 4 is 11.4 Å². The van der Waals surface area contributed by atoms with E-state index < -0.39 is 34.8 Å². The summed E-state index contributed by atoms with van der Waals surface area (Å²) >= 11 is 0. The van der Waals surface area contributed by atoms with E-state index in [0.29, 0.717) is 0 Å². The van der Waals surface area contributed by atoms with Crippen LogP contribution in [0.4, 0.5) is 33.3 Å². The van der Waals surface area contributed by atoms with E-state index >= 15 is 0 Å². The predicted octanol–water partition coefficient (Wildman–Crippen LogP) is 3.58. The monoisotopic (exact) mass is 288 g/mol. The minimum Gasteiger partial charge on any atom is -0.351 e. The fourth-order valence-electron chi connectivity index (χ4n) is 1.58. The van der Waals surface area contributed by atoms with E-state index in [0.717, 1.165) is 5.56 Å². The molecule has 20 heavy (non-hydrogen) atoms. The molecule has 0 aromatic heterocycles. The minimum atomic E-state index is -2.19. The van der Waals surface area contributed by atoms with Crippen molar-refractivity contribution < 1.29 is 22.0 Å². The molecular formula is C13H9F5N2. The van der Waals surface area contributed by atoms with Crippen LogP contribution in [0.5, 0.6) is 0 Å². The van der Waals surface area contributed by atoms with Crippen LogP contribution < -0.4 is 11.1 Å². The second-order valence-corrected chi connectivity index (χ2v) is 3.97. The summed E-state index contributed by atoms with van der Waals surface area (Å²) in [5.41, 5.74) is 5.21. The minimum absolute atomic E-state index is 0.172. The molecule has 0 saturated carbocycles. The van der Waals surface area contributed by atoms with Gasteiger partial charge in [-0.2, -0.15) is 0 Å². The van der Waals surface area contributed by atoms with Gasteiger partial charge in [0.25, 0.3) is 0 Å². The molecule has 2 aromatic rings. The van der Waals surface area contributed by atoms with Crippen LogP contribution in [0.3, 0.4) is 0 Å². The lowest BCUT2D eigenvalue weighted by Crippen LogP contribution is -2.07. The van der Waals surface area contributed by atoms with E-state index in [-0.39, 0.29) is 12.2 Å². The number of hydrogen-bond donors (Lipinski definition) is 2. The van der Waals surface area contributed by atoms with Gasteiger partial charge in [-0.15, -0.1) is 0 Å². The van der Waals surface area contributed by atoms with Gasteiger partial charge in [0.2, 0.25) is 5.82 Å². The van der Waals surface area contributed by atoms with Crippen LogP contribution in [0.15, 0.2) is 24.3 Å². The third-order valence-corrected chi connectivity index (χ3v) is 2.67. The summed E-state index contributed by atoms with van der Waals surface area (Å²) in [5, 5.41) is 2.16. The maximum Gasteiger partial charge on any atom is 0.200 e. The van der Waals surface area contributed by atoms with Crippen LogP contribution in [0.1, 0.15) is 5.56 Å². The van der Waals surface area contributed by atoms with Crippen molar-refractivity contribution in [2.45, 2.75) is 6.54 Å². The lowest BCUT2D eigenvalue weighted by molar-refractivity contribution is 0.382. The first kappa shape index (κ1) is 14.3. The Balaban J connectivity index is 2.42. The third kappa shape index (κ3) is 2.44. The summed E-state index contributed by atoms with van der Waals surface area (Å²) in [4.78, 5) is 0. The Morgan fingerprint density at radius 2 is 1.20 bits per heavy atom. The number of nitrogens with one attached hydrogen (secondary N) is 1. The van der Waals surface area contributed by atoms with Crippen LogP contribution in [-0.4, -0.2) is 0 Å². The summed E-state index contributed by atoms with van der Waals surface area (Å²) in [6.07, 6.45) is 0. The lowest BCUT2D eigenvalue weighted by atomic mass is 10.2. The van der Waals surface area contributed by atoms with Crippen molar-refractivity contribution in [3.8, 4) is 0 Å². The highest BCUT2D eigenvalue weighted by Crippen LogP contribution is 2.29. The molecule has 0 unspecified atom stereocenters. The van der Waals surface area contributed by atoms with Gasteiger partial charge >= 0.3 is 0 Å². The first-order valence-corrected chi connectivity index (χ1v) is 5.53. The molecule has 0 heterocycles. The zero-order chi connectivity index (χ0) is 14.9. The summed E-state index contributed by atoms with van der Waals surface area (Å²) in [7, 11) is 0. The van der Waals surface area contributed by atoms with Crippen LogP contribution in [0, 0.1) is 29.1 Å². The number of hydrogen-bond acceptors (Lipinski definition) is 2. The zero-order valence-electron chi connectivity index (χ0n) is 9.98. The Hall–Kier alpha value is -2.15. The van der Waals surface area contributed by atoms with Gasteiger partial charge in [0, 0.05) is 12.2 Å². The van der Waals surface area contributed by atoms with Gasteiger partial charge in [-0.1, -0.05) is 12.1 Å². The lowest BCUT2D eigenvalue weighted by Gasteiger charge is -2.11. The van der Waals surface area contributed by atoms with Crippen molar-refractivity contribution in [1.29, 1.82) is 0 Å². The Morgan fingerprint density at radius 3 is 1.65 bits per heavy atom. The van der Waals surface area contributed by atoms with Crippen molar-refractivity contribution in [3.63, 3.8) is 0 Å². The number of benzene rings is 2. The summed E-state index contributed by atoms with van der Waals surface area (Å²) in [6, 6.07) is 5.96. The molecule has 0 saturated heterocycles. The Labute approximate surface area is 111 Å². The second kappa shape index (κ2) is 5.46. The van der Waals surface area contributed by atoms with Gasteiger partial charge < -0.3 is 11.1 Å². The SMILES string of the molecule is NCc1ccc(Nc2c(F)c(F)c(F)c(F)c2F)cc1. The van der Waals surface area contributed by atoms with Gasteiger partial charge in [-0.3, -0.25) is 0 Å². The average Bonchev–Trinajstić information content (AvgIpc) is 2.48. The predicted molar refractivity (Wildman–Crippen MR) is 63.8 cm³/mol. The summed E-state index contributed by atoms with van der Waals surface area (Å²) in [5.74, 6) is -10.0. The molecule has 0 amide bonds. The van der Waals surface area contributed by atoms with Gasteiger partial charge in [0.15, 0.2) is 23.3 Å². The maximum absolute atomic E-state index is 13.4. The molecule has 0 radical (unpaired) electrons. The molecular weight excluding hydrogens is 279 g/mol. The molecule has 7 heteroatoms. The molecule has 0 fully saturated rings. The van der Waals surface area contributed by atoms with E-state index in [4.69, 9.17) is 5.73 Å². The van der Waals surface area contributed by atoms with Crippen LogP contribution in [-0.2, 0) is 6.54 Å². The first-order chi connectivity index (χ1) is 9.45. The Kier molecular flexibility index (Phi) is 3.89. The smallest absolute Gasteiger partial charge is 0.200 e. The molecule has 2 nitrogen and oxygen atoms in total. The largest absolute Gasteiger partial charge is 0.351 e. The number of nitrogens with two attached hydrogens (primary N) is 1. The molecule has 0 aliphatic carbocycles. The first-order valence-electron chi connectivity index (χ1n) is 5.53. The number of anilines is 2. The van der Waals surface area contributed by atoms with E-state index in [1.165, 1.54) is 12.1 Å². The van der Waals surface area contributed by atoms with E-state index in [9.17, 15) is 22.0 Å². The molecule has 2 rings (SSSR count). The van der Waals surface area contributed by atoms with Crippen molar-refractivity contribution in [2.24, 2.45) is 5.73 Å².